The fourth-order valence-electron chi connectivity index (χ4n) is 2.18. The number of nitrogens with one attached hydrogen (secondary N) is 1. The van der Waals surface area contributed by atoms with Crippen LogP contribution in [-0.2, 0) is 4.79 Å². The minimum Gasteiger partial charge on any atom is -0.350 e. The fourth-order valence-corrected chi connectivity index (χ4v) is 3.68. The highest BCUT2D eigenvalue weighted by Crippen LogP contribution is 2.31. The Kier molecular flexibility index (Phi) is 5.30. The van der Waals surface area contributed by atoms with E-state index in [9.17, 15) is 18.8 Å². The quantitative estimate of drug-likeness (QED) is 0.813. The van der Waals surface area contributed by atoms with Crippen LogP contribution in [0.15, 0.2) is 46.7 Å². The van der Waals surface area contributed by atoms with Crippen LogP contribution in [0.4, 0.5) is 9.18 Å². The lowest BCUT2D eigenvalue weighted by atomic mass is 10.2. The van der Waals surface area contributed by atoms with E-state index < -0.39 is 5.91 Å². The number of benzene rings is 1. The molecular weight excluding hydrogens is 363 g/mol. The molecule has 1 aliphatic heterocycles. The molecule has 1 aromatic carbocycles. The molecule has 0 bridgehead atoms. The number of rotatable bonds is 5. The predicted molar refractivity (Wildman–Crippen MR) is 95.7 cm³/mol. The lowest BCUT2D eigenvalue weighted by Gasteiger charge is -2.12. The first-order valence-electron chi connectivity index (χ1n) is 7.37. The van der Waals surface area contributed by atoms with Gasteiger partial charge in [-0.15, -0.1) is 11.3 Å². The minimum absolute atomic E-state index is 0.0997. The van der Waals surface area contributed by atoms with Crippen molar-refractivity contribution in [3.05, 3.63) is 62.9 Å². The van der Waals surface area contributed by atoms with Crippen LogP contribution in [-0.4, -0.2) is 35.0 Å². The summed E-state index contributed by atoms with van der Waals surface area (Å²) in [6.07, 6.45) is 1.55. The van der Waals surface area contributed by atoms with Gasteiger partial charge in [0, 0.05) is 13.1 Å². The molecule has 5 nitrogen and oxygen atoms in total. The number of hydrogen-bond acceptors (Lipinski definition) is 5. The molecule has 0 aliphatic carbocycles. The highest BCUT2D eigenvalue weighted by Gasteiger charge is 2.34. The van der Waals surface area contributed by atoms with Crippen LogP contribution in [0.5, 0.6) is 0 Å². The normalized spacial score (nSPS) is 15.9. The van der Waals surface area contributed by atoms with Crippen molar-refractivity contribution in [2.45, 2.75) is 0 Å². The van der Waals surface area contributed by atoms with E-state index in [1.54, 1.807) is 23.6 Å². The summed E-state index contributed by atoms with van der Waals surface area (Å²) in [4.78, 5) is 38.1. The molecule has 1 aromatic heterocycles. The molecule has 2 heterocycles. The molecule has 1 N–H and O–H groups in total. The first kappa shape index (κ1) is 17.4. The Morgan fingerprint density at radius 2 is 1.96 bits per heavy atom. The molecule has 0 saturated carbocycles. The van der Waals surface area contributed by atoms with Gasteiger partial charge in [-0.2, -0.15) is 0 Å². The van der Waals surface area contributed by atoms with E-state index in [1.807, 2.05) is 0 Å². The highest BCUT2D eigenvalue weighted by molar-refractivity contribution is 8.18. The van der Waals surface area contributed by atoms with E-state index in [4.69, 9.17) is 0 Å². The number of nitrogens with zero attached hydrogens (tertiary/aromatic N) is 1. The summed E-state index contributed by atoms with van der Waals surface area (Å²) in [5.74, 6) is -1.01. The maximum absolute atomic E-state index is 12.9. The van der Waals surface area contributed by atoms with E-state index in [0.29, 0.717) is 10.4 Å². The van der Waals surface area contributed by atoms with Gasteiger partial charge in [0.1, 0.15) is 5.82 Å². The summed E-state index contributed by atoms with van der Waals surface area (Å²) in [6.45, 7) is 0.279. The Morgan fingerprint density at radius 1 is 1.20 bits per heavy atom. The highest BCUT2D eigenvalue weighted by atomic mass is 32.2. The largest absolute Gasteiger partial charge is 0.350 e. The average molecular weight is 376 g/mol. The minimum atomic E-state index is -0.412. The Bertz CT molecular complexity index is 832. The summed E-state index contributed by atoms with van der Waals surface area (Å²) in [5.41, 5.74) is 0.637. The van der Waals surface area contributed by atoms with Gasteiger partial charge in [-0.05, 0) is 47.0 Å². The number of carbonyl (C=O) groups is 3. The summed E-state index contributed by atoms with van der Waals surface area (Å²) >= 11 is 2.15. The Balaban J connectivity index is 1.59. The summed E-state index contributed by atoms with van der Waals surface area (Å²) in [6, 6.07) is 9.11. The van der Waals surface area contributed by atoms with Gasteiger partial charge in [0.25, 0.3) is 17.1 Å². The molecule has 8 heteroatoms. The van der Waals surface area contributed by atoms with E-state index in [0.717, 1.165) is 16.7 Å². The van der Waals surface area contributed by atoms with Gasteiger partial charge in [0.2, 0.25) is 0 Å². The molecule has 1 fully saturated rings. The predicted octanol–water partition coefficient (Wildman–Crippen LogP) is 3.35. The lowest BCUT2D eigenvalue weighted by Crippen LogP contribution is -2.37. The van der Waals surface area contributed by atoms with Crippen molar-refractivity contribution < 1.29 is 18.8 Å². The van der Waals surface area contributed by atoms with Crippen molar-refractivity contribution in [2.75, 3.05) is 13.1 Å². The number of halogens is 1. The van der Waals surface area contributed by atoms with Crippen molar-refractivity contribution in [3.63, 3.8) is 0 Å². The third kappa shape index (κ3) is 4.15. The van der Waals surface area contributed by atoms with Crippen molar-refractivity contribution in [3.8, 4) is 0 Å². The molecule has 0 radical (unpaired) electrons. The number of thiophene rings is 1. The molecule has 0 unspecified atom stereocenters. The third-order valence-electron chi connectivity index (χ3n) is 3.41. The van der Waals surface area contributed by atoms with Crippen LogP contribution >= 0.6 is 23.1 Å². The van der Waals surface area contributed by atoms with Crippen LogP contribution in [0, 0.1) is 5.82 Å². The molecular formula is C17H13FN2O3S2. The van der Waals surface area contributed by atoms with Gasteiger partial charge < -0.3 is 5.32 Å². The van der Waals surface area contributed by atoms with Crippen LogP contribution in [0.3, 0.4) is 0 Å². The first-order chi connectivity index (χ1) is 12.0. The molecule has 2 aromatic rings. The zero-order chi connectivity index (χ0) is 17.8. The summed E-state index contributed by atoms with van der Waals surface area (Å²) < 4.78 is 12.9. The zero-order valence-electron chi connectivity index (χ0n) is 12.9. The molecule has 0 spiro atoms. The van der Waals surface area contributed by atoms with Gasteiger partial charge in [0.15, 0.2) is 0 Å². The van der Waals surface area contributed by atoms with Crippen molar-refractivity contribution >= 4 is 46.2 Å². The van der Waals surface area contributed by atoms with Crippen molar-refractivity contribution in [1.82, 2.24) is 10.2 Å². The Hall–Kier alpha value is -2.45. The third-order valence-corrected chi connectivity index (χ3v) is 5.18. The molecule has 1 aliphatic rings. The smallest absolute Gasteiger partial charge is 0.293 e. The lowest BCUT2D eigenvalue weighted by molar-refractivity contribution is -0.122. The molecule has 3 rings (SSSR count). The molecule has 128 valence electrons. The standard InChI is InChI=1S/C17H13FN2O3S2/c18-12-5-3-11(4-6-12)10-14-16(22)20(17(23)25-14)8-7-19-15(21)13-2-1-9-24-13/h1-6,9-10H,7-8H2,(H,19,21)/b14-10-. The van der Waals surface area contributed by atoms with Gasteiger partial charge in [-0.25, -0.2) is 4.39 Å². The zero-order valence-corrected chi connectivity index (χ0v) is 14.5. The van der Waals surface area contributed by atoms with Crippen LogP contribution in [0.25, 0.3) is 6.08 Å². The fraction of sp³-hybridized carbons (Fsp3) is 0.118. The average Bonchev–Trinajstić information content (AvgIpc) is 3.21. The van der Waals surface area contributed by atoms with Crippen molar-refractivity contribution in [2.24, 2.45) is 0 Å². The maximum atomic E-state index is 12.9. The second kappa shape index (κ2) is 7.62. The van der Waals surface area contributed by atoms with Gasteiger partial charge in [-0.3, -0.25) is 19.3 Å². The number of carbonyl (C=O) groups excluding carboxylic acids is 3. The van der Waals surface area contributed by atoms with Crippen LogP contribution < -0.4 is 5.32 Å². The Morgan fingerprint density at radius 3 is 2.64 bits per heavy atom. The van der Waals surface area contributed by atoms with Crippen molar-refractivity contribution in [1.29, 1.82) is 0 Å². The second-order valence-corrected chi connectivity index (χ2v) is 7.06. The molecule has 3 amide bonds. The van der Waals surface area contributed by atoms with Gasteiger partial charge in [0.05, 0.1) is 9.78 Å². The molecule has 1 saturated heterocycles. The van der Waals surface area contributed by atoms with Gasteiger partial charge in [-0.1, -0.05) is 18.2 Å². The maximum Gasteiger partial charge on any atom is 0.293 e. The van der Waals surface area contributed by atoms with Crippen LogP contribution in [0.2, 0.25) is 0 Å². The number of amides is 3. The number of thioether (sulfide) groups is 1. The van der Waals surface area contributed by atoms with E-state index in [-0.39, 0.29) is 35.0 Å². The molecule has 0 atom stereocenters. The van der Waals surface area contributed by atoms with E-state index in [2.05, 4.69) is 5.32 Å². The van der Waals surface area contributed by atoms with E-state index in [1.165, 1.54) is 35.6 Å². The second-order valence-electron chi connectivity index (χ2n) is 5.12. The summed E-state index contributed by atoms with van der Waals surface area (Å²) in [5, 5.41) is 4.09. The van der Waals surface area contributed by atoms with E-state index >= 15 is 0 Å². The van der Waals surface area contributed by atoms with Crippen LogP contribution in [0.1, 0.15) is 15.2 Å². The summed E-state index contributed by atoms with van der Waals surface area (Å²) in [7, 11) is 0. The molecule has 25 heavy (non-hydrogen) atoms. The first-order valence-corrected chi connectivity index (χ1v) is 9.07. The topological polar surface area (TPSA) is 66.5 Å². The number of hydrogen-bond donors (Lipinski definition) is 1. The van der Waals surface area contributed by atoms with Gasteiger partial charge >= 0.3 is 0 Å². The number of imide groups is 1. The monoisotopic (exact) mass is 376 g/mol. The SMILES string of the molecule is O=C(NCCN1C(=O)S/C(=C\c2ccc(F)cc2)C1=O)c1cccs1. The Labute approximate surface area is 151 Å².